The van der Waals surface area contributed by atoms with Crippen LogP contribution in [-0.2, 0) is 6.18 Å². The normalized spacial score (nSPS) is 14.1. The van der Waals surface area contributed by atoms with Crippen LogP contribution in [0.3, 0.4) is 0 Å². The summed E-state index contributed by atoms with van der Waals surface area (Å²) < 4.78 is 37.1. The SMILES string of the molecule is CC(C)CNC(C)c1ccc(C(F)(F)F)cc1. The molecule has 17 heavy (non-hydrogen) atoms. The molecule has 0 fully saturated rings. The zero-order chi connectivity index (χ0) is 13.1. The van der Waals surface area contributed by atoms with Gasteiger partial charge in [0.1, 0.15) is 0 Å². The molecule has 96 valence electrons. The van der Waals surface area contributed by atoms with Crippen LogP contribution >= 0.6 is 0 Å². The first-order valence-corrected chi connectivity index (χ1v) is 5.71. The second-order valence-electron chi connectivity index (χ2n) is 4.64. The summed E-state index contributed by atoms with van der Waals surface area (Å²) in [6, 6.07) is 5.38. The van der Waals surface area contributed by atoms with Gasteiger partial charge in [0.25, 0.3) is 0 Å². The average Bonchev–Trinajstić information content (AvgIpc) is 2.25. The van der Waals surface area contributed by atoms with Crippen LogP contribution in [0.1, 0.15) is 37.9 Å². The van der Waals surface area contributed by atoms with Crippen molar-refractivity contribution in [2.75, 3.05) is 6.54 Å². The van der Waals surface area contributed by atoms with Crippen molar-refractivity contribution in [2.24, 2.45) is 5.92 Å². The Kier molecular flexibility index (Phi) is 4.57. The third kappa shape index (κ3) is 4.38. The summed E-state index contributed by atoms with van der Waals surface area (Å²) in [6.07, 6.45) is -4.26. The van der Waals surface area contributed by atoms with Gasteiger partial charge in [-0.2, -0.15) is 13.2 Å². The second kappa shape index (κ2) is 5.54. The second-order valence-corrected chi connectivity index (χ2v) is 4.64. The molecule has 0 radical (unpaired) electrons. The molecule has 0 bridgehead atoms. The molecule has 1 nitrogen and oxygen atoms in total. The monoisotopic (exact) mass is 245 g/mol. The fourth-order valence-corrected chi connectivity index (χ4v) is 1.49. The van der Waals surface area contributed by atoms with Gasteiger partial charge in [-0.1, -0.05) is 26.0 Å². The van der Waals surface area contributed by atoms with Crippen LogP contribution in [0.15, 0.2) is 24.3 Å². The molecule has 1 atom stereocenters. The van der Waals surface area contributed by atoms with E-state index in [0.29, 0.717) is 5.92 Å². The third-order valence-electron chi connectivity index (χ3n) is 2.57. The Hall–Kier alpha value is -1.03. The predicted octanol–water partition coefficient (Wildman–Crippen LogP) is 4.01. The smallest absolute Gasteiger partial charge is 0.310 e. The van der Waals surface area contributed by atoms with Crippen molar-refractivity contribution in [3.8, 4) is 0 Å². The summed E-state index contributed by atoms with van der Waals surface area (Å²) in [6.45, 7) is 6.98. The van der Waals surface area contributed by atoms with Gasteiger partial charge in [0, 0.05) is 6.04 Å². The highest BCUT2D eigenvalue weighted by Gasteiger charge is 2.30. The highest BCUT2D eigenvalue weighted by atomic mass is 19.4. The van der Waals surface area contributed by atoms with E-state index < -0.39 is 11.7 Å². The van der Waals surface area contributed by atoms with Crippen LogP contribution < -0.4 is 5.32 Å². The van der Waals surface area contributed by atoms with Gasteiger partial charge < -0.3 is 5.32 Å². The topological polar surface area (TPSA) is 12.0 Å². The van der Waals surface area contributed by atoms with Crippen LogP contribution in [0.25, 0.3) is 0 Å². The molecule has 0 aliphatic heterocycles. The number of benzene rings is 1. The standard InChI is InChI=1S/C13H18F3N/c1-9(2)8-17-10(3)11-4-6-12(7-5-11)13(14,15)16/h4-7,9-10,17H,8H2,1-3H3. The Labute approximate surface area is 100 Å². The summed E-state index contributed by atoms with van der Waals surface area (Å²) in [5.74, 6) is 0.520. The van der Waals surface area contributed by atoms with Crippen LogP contribution in [0.4, 0.5) is 13.2 Å². The van der Waals surface area contributed by atoms with Gasteiger partial charge in [-0.25, -0.2) is 0 Å². The van der Waals surface area contributed by atoms with E-state index in [9.17, 15) is 13.2 Å². The predicted molar refractivity (Wildman–Crippen MR) is 62.7 cm³/mol. The zero-order valence-corrected chi connectivity index (χ0v) is 10.3. The van der Waals surface area contributed by atoms with Crippen molar-refractivity contribution in [3.63, 3.8) is 0 Å². The van der Waals surface area contributed by atoms with Crippen molar-refractivity contribution in [1.82, 2.24) is 5.32 Å². The largest absolute Gasteiger partial charge is 0.416 e. The fourth-order valence-electron chi connectivity index (χ4n) is 1.49. The summed E-state index contributed by atoms with van der Waals surface area (Å²) in [5, 5.41) is 3.28. The van der Waals surface area contributed by atoms with Gasteiger partial charge >= 0.3 is 6.18 Å². The van der Waals surface area contributed by atoms with Gasteiger partial charge in [-0.15, -0.1) is 0 Å². The van der Waals surface area contributed by atoms with Gasteiger partial charge in [0.15, 0.2) is 0 Å². The number of nitrogens with one attached hydrogen (secondary N) is 1. The Bertz CT molecular complexity index is 341. The molecule has 0 amide bonds. The van der Waals surface area contributed by atoms with Gasteiger partial charge in [0.2, 0.25) is 0 Å². The lowest BCUT2D eigenvalue weighted by molar-refractivity contribution is -0.137. The number of rotatable bonds is 4. The van der Waals surface area contributed by atoms with Crippen molar-refractivity contribution in [1.29, 1.82) is 0 Å². The Morgan fingerprint density at radius 2 is 1.59 bits per heavy atom. The van der Waals surface area contributed by atoms with E-state index in [1.54, 1.807) is 0 Å². The van der Waals surface area contributed by atoms with E-state index in [4.69, 9.17) is 0 Å². The maximum Gasteiger partial charge on any atom is 0.416 e. The minimum Gasteiger partial charge on any atom is -0.310 e. The summed E-state index contributed by atoms with van der Waals surface area (Å²) in [4.78, 5) is 0. The van der Waals surface area contributed by atoms with Crippen LogP contribution in [0.2, 0.25) is 0 Å². The van der Waals surface area contributed by atoms with Crippen molar-refractivity contribution in [3.05, 3.63) is 35.4 Å². The maximum absolute atomic E-state index is 12.4. The number of hydrogen-bond donors (Lipinski definition) is 1. The van der Waals surface area contributed by atoms with Gasteiger partial charge in [-0.05, 0) is 37.1 Å². The van der Waals surface area contributed by atoms with E-state index in [0.717, 1.165) is 24.2 Å². The van der Waals surface area contributed by atoms with Crippen molar-refractivity contribution < 1.29 is 13.2 Å². The van der Waals surface area contributed by atoms with E-state index in [-0.39, 0.29) is 6.04 Å². The lowest BCUT2D eigenvalue weighted by atomic mass is 10.1. The fraction of sp³-hybridized carbons (Fsp3) is 0.538. The molecule has 0 heterocycles. The van der Waals surface area contributed by atoms with Gasteiger partial charge in [-0.3, -0.25) is 0 Å². The first kappa shape index (κ1) is 14.0. The number of halogens is 3. The molecule has 1 N–H and O–H groups in total. The minimum atomic E-state index is -4.26. The molecule has 0 spiro atoms. The number of alkyl halides is 3. The molecule has 1 aromatic carbocycles. The molecule has 1 unspecified atom stereocenters. The molecule has 0 saturated heterocycles. The van der Waals surface area contributed by atoms with Crippen molar-refractivity contribution in [2.45, 2.75) is 33.0 Å². The van der Waals surface area contributed by atoms with E-state index in [1.807, 2.05) is 6.92 Å². The Morgan fingerprint density at radius 1 is 1.06 bits per heavy atom. The van der Waals surface area contributed by atoms with E-state index >= 15 is 0 Å². The van der Waals surface area contributed by atoms with Crippen molar-refractivity contribution >= 4 is 0 Å². The van der Waals surface area contributed by atoms with Crippen LogP contribution in [0, 0.1) is 5.92 Å². The van der Waals surface area contributed by atoms with Crippen LogP contribution in [0.5, 0.6) is 0 Å². The molecule has 1 aromatic rings. The molecule has 4 heteroatoms. The average molecular weight is 245 g/mol. The molecular weight excluding hydrogens is 227 g/mol. The molecule has 0 aliphatic rings. The number of hydrogen-bond acceptors (Lipinski definition) is 1. The quantitative estimate of drug-likeness (QED) is 0.845. The summed E-state index contributed by atoms with van der Waals surface area (Å²) >= 11 is 0. The third-order valence-corrected chi connectivity index (χ3v) is 2.57. The zero-order valence-electron chi connectivity index (χ0n) is 10.3. The molecule has 0 aromatic heterocycles. The lowest BCUT2D eigenvalue weighted by Gasteiger charge is -2.16. The van der Waals surface area contributed by atoms with E-state index in [1.165, 1.54) is 12.1 Å². The lowest BCUT2D eigenvalue weighted by Crippen LogP contribution is -2.23. The first-order chi connectivity index (χ1) is 7.80. The van der Waals surface area contributed by atoms with Crippen LogP contribution in [-0.4, -0.2) is 6.54 Å². The summed E-state index contributed by atoms with van der Waals surface area (Å²) in [7, 11) is 0. The molecular formula is C13H18F3N. The molecule has 0 aliphatic carbocycles. The minimum absolute atomic E-state index is 0.0692. The summed E-state index contributed by atoms with van der Waals surface area (Å²) in [5.41, 5.74) is 0.274. The van der Waals surface area contributed by atoms with E-state index in [2.05, 4.69) is 19.2 Å². The van der Waals surface area contributed by atoms with Gasteiger partial charge in [0.05, 0.1) is 5.56 Å². The highest BCUT2D eigenvalue weighted by molar-refractivity contribution is 5.26. The maximum atomic E-state index is 12.4. The first-order valence-electron chi connectivity index (χ1n) is 5.71. The molecule has 1 rings (SSSR count). The highest BCUT2D eigenvalue weighted by Crippen LogP contribution is 2.29. The molecule has 0 saturated carbocycles. The Balaban J connectivity index is 2.67. The Morgan fingerprint density at radius 3 is 2.00 bits per heavy atom.